The van der Waals surface area contributed by atoms with Crippen molar-refractivity contribution in [3.8, 4) is 0 Å². The van der Waals surface area contributed by atoms with Crippen LogP contribution in [0.4, 0.5) is 9.59 Å². The maximum Gasteiger partial charge on any atom is 0.408 e. The summed E-state index contributed by atoms with van der Waals surface area (Å²) in [6, 6.07) is 7.97. The fourth-order valence-corrected chi connectivity index (χ4v) is 2.90. The molecule has 2 rings (SSSR count). The number of alkyl carbamates (subject to hydrolysis) is 2. The highest BCUT2D eigenvalue weighted by atomic mass is 16.6. The van der Waals surface area contributed by atoms with Crippen LogP contribution in [-0.4, -0.2) is 43.0 Å². The van der Waals surface area contributed by atoms with Crippen LogP contribution in [0.2, 0.25) is 0 Å². The lowest BCUT2D eigenvalue weighted by Gasteiger charge is -2.24. The zero-order valence-corrected chi connectivity index (χ0v) is 17.1. The summed E-state index contributed by atoms with van der Waals surface area (Å²) in [5.74, 6) is -0.944. The van der Waals surface area contributed by atoms with Crippen molar-refractivity contribution >= 4 is 18.2 Å². The minimum atomic E-state index is -0.926. The van der Waals surface area contributed by atoms with Crippen LogP contribution in [0.15, 0.2) is 42.5 Å². The molecule has 1 aromatic carbocycles. The van der Waals surface area contributed by atoms with Crippen molar-refractivity contribution in [2.45, 2.75) is 51.5 Å². The van der Waals surface area contributed by atoms with Gasteiger partial charge in [0.05, 0.1) is 13.2 Å². The molecule has 2 N–H and O–H groups in total. The Morgan fingerprint density at radius 1 is 1.10 bits per heavy atom. The van der Waals surface area contributed by atoms with Gasteiger partial charge in [0.1, 0.15) is 18.2 Å². The Morgan fingerprint density at radius 3 is 2.41 bits per heavy atom. The van der Waals surface area contributed by atoms with Gasteiger partial charge < -0.3 is 24.8 Å². The van der Waals surface area contributed by atoms with Crippen LogP contribution < -0.4 is 10.6 Å². The molecule has 1 aliphatic carbocycles. The van der Waals surface area contributed by atoms with Crippen LogP contribution in [0, 0.1) is 5.92 Å². The topological polar surface area (TPSA) is 103 Å². The van der Waals surface area contributed by atoms with Gasteiger partial charge in [-0.1, -0.05) is 42.5 Å². The number of benzene rings is 1. The van der Waals surface area contributed by atoms with Crippen LogP contribution in [0.3, 0.4) is 0 Å². The number of hydrogen-bond donors (Lipinski definition) is 2. The molecule has 0 spiro atoms. The van der Waals surface area contributed by atoms with Crippen molar-refractivity contribution in [2.24, 2.45) is 5.92 Å². The summed E-state index contributed by atoms with van der Waals surface area (Å²) in [6.45, 7) is 5.41. The molecule has 0 aliphatic heterocycles. The van der Waals surface area contributed by atoms with Gasteiger partial charge >= 0.3 is 18.2 Å². The number of hydrogen-bond acceptors (Lipinski definition) is 6. The summed E-state index contributed by atoms with van der Waals surface area (Å²) >= 11 is 0. The molecular formula is C21H28N2O6. The highest BCUT2D eigenvalue weighted by molar-refractivity contribution is 5.82. The first-order valence-corrected chi connectivity index (χ1v) is 9.41. The molecule has 0 fully saturated rings. The van der Waals surface area contributed by atoms with E-state index in [1.54, 1.807) is 32.9 Å². The van der Waals surface area contributed by atoms with Gasteiger partial charge in [0, 0.05) is 5.92 Å². The van der Waals surface area contributed by atoms with E-state index < -0.39 is 29.8 Å². The molecule has 0 saturated heterocycles. The third-order valence-corrected chi connectivity index (χ3v) is 4.19. The Kier molecular flexibility index (Phi) is 7.64. The van der Waals surface area contributed by atoms with Crippen molar-refractivity contribution < 1.29 is 28.6 Å². The van der Waals surface area contributed by atoms with E-state index in [1.165, 1.54) is 7.11 Å². The van der Waals surface area contributed by atoms with Gasteiger partial charge in [0.25, 0.3) is 0 Å². The molecule has 3 atom stereocenters. The van der Waals surface area contributed by atoms with Gasteiger partial charge in [-0.2, -0.15) is 0 Å². The second-order valence-corrected chi connectivity index (χ2v) is 7.74. The molecule has 2 amide bonds. The van der Waals surface area contributed by atoms with Crippen LogP contribution in [0.25, 0.3) is 0 Å². The Balaban J connectivity index is 1.90. The molecule has 8 nitrogen and oxygen atoms in total. The molecule has 0 radical (unpaired) electrons. The van der Waals surface area contributed by atoms with Gasteiger partial charge in [-0.15, -0.1) is 0 Å². The van der Waals surface area contributed by atoms with E-state index in [0.29, 0.717) is 6.42 Å². The standard InChI is InChI=1S/C21H28N2O6/c1-21(2,3)29-20(26)22-16-11-10-15(12-16)17(18(24)27-4)23-19(25)28-13-14-8-6-5-7-9-14/h5-11,15-17H,12-13H2,1-4H3,(H,22,26)(H,23,25)/t15-,16+,17?/m1/s1. The summed E-state index contributed by atoms with van der Waals surface area (Å²) in [5, 5.41) is 5.29. The number of nitrogens with one attached hydrogen (secondary N) is 2. The Hall–Kier alpha value is -3.03. The van der Waals surface area contributed by atoms with Crippen LogP contribution in [0.1, 0.15) is 32.8 Å². The first kappa shape index (κ1) is 22.3. The lowest BCUT2D eigenvalue weighted by Crippen LogP contribution is -2.47. The first-order valence-electron chi connectivity index (χ1n) is 9.41. The van der Waals surface area contributed by atoms with E-state index in [0.717, 1.165) is 5.56 Å². The second kappa shape index (κ2) is 9.95. The monoisotopic (exact) mass is 404 g/mol. The van der Waals surface area contributed by atoms with Crippen LogP contribution in [-0.2, 0) is 25.6 Å². The lowest BCUT2D eigenvalue weighted by atomic mass is 9.98. The molecule has 1 aliphatic rings. The number of ether oxygens (including phenoxy) is 3. The van der Waals surface area contributed by atoms with E-state index in [4.69, 9.17) is 14.2 Å². The average molecular weight is 404 g/mol. The largest absolute Gasteiger partial charge is 0.467 e. The lowest BCUT2D eigenvalue weighted by molar-refractivity contribution is -0.144. The average Bonchev–Trinajstić information content (AvgIpc) is 3.11. The quantitative estimate of drug-likeness (QED) is 0.429. The van der Waals surface area contributed by atoms with E-state index in [-0.39, 0.29) is 18.6 Å². The van der Waals surface area contributed by atoms with Gasteiger partial charge in [0.2, 0.25) is 0 Å². The number of methoxy groups -OCH3 is 1. The summed E-state index contributed by atoms with van der Waals surface area (Å²) in [6.07, 6.45) is 2.68. The minimum absolute atomic E-state index is 0.0872. The van der Waals surface area contributed by atoms with Gasteiger partial charge in [-0.3, -0.25) is 0 Å². The summed E-state index contributed by atoms with van der Waals surface area (Å²) < 4.78 is 15.2. The van der Waals surface area contributed by atoms with Crippen molar-refractivity contribution in [2.75, 3.05) is 7.11 Å². The fraction of sp³-hybridized carbons (Fsp3) is 0.476. The number of amides is 2. The normalized spacial score (nSPS) is 19.2. The van der Waals surface area contributed by atoms with Gasteiger partial charge in [0.15, 0.2) is 0 Å². The molecule has 0 heterocycles. The Morgan fingerprint density at radius 2 is 1.79 bits per heavy atom. The molecule has 29 heavy (non-hydrogen) atoms. The number of carbonyl (C=O) groups excluding carboxylic acids is 3. The van der Waals surface area contributed by atoms with E-state index in [9.17, 15) is 14.4 Å². The van der Waals surface area contributed by atoms with Crippen molar-refractivity contribution in [1.82, 2.24) is 10.6 Å². The maximum atomic E-state index is 12.2. The molecular weight excluding hydrogens is 376 g/mol. The zero-order valence-electron chi connectivity index (χ0n) is 17.1. The third-order valence-electron chi connectivity index (χ3n) is 4.19. The Labute approximate surface area is 170 Å². The molecule has 1 unspecified atom stereocenters. The summed E-state index contributed by atoms with van der Waals surface area (Å²) in [5.41, 5.74) is 0.226. The minimum Gasteiger partial charge on any atom is -0.467 e. The number of carbonyl (C=O) groups is 3. The van der Waals surface area contributed by atoms with Crippen LogP contribution >= 0.6 is 0 Å². The fourth-order valence-electron chi connectivity index (χ4n) is 2.90. The second-order valence-electron chi connectivity index (χ2n) is 7.74. The molecule has 1 aromatic rings. The third kappa shape index (κ3) is 7.48. The van der Waals surface area contributed by atoms with E-state index >= 15 is 0 Å². The highest BCUT2D eigenvalue weighted by Crippen LogP contribution is 2.23. The molecule has 0 saturated carbocycles. The van der Waals surface area contributed by atoms with Crippen molar-refractivity contribution in [3.05, 3.63) is 48.0 Å². The maximum absolute atomic E-state index is 12.2. The Bertz CT molecular complexity index is 741. The predicted octanol–water partition coefficient (Wildman–Crippen LogP) is 2.92. The number of rotatable bonds is 6. The summed E-state index contributed by atoms with van der Waals surface area (Å²) in [7, 11) is 1.25. The summed E-state index contributed by atoms with van der Waals surface area (Å²) in [4.78, 5) is 36.3. The van der Waals surface area contributed by atoms with E-state index in [1.807, 2.05) is 30.3 Å². The molecule has 0 bridgehead atoms. The smallest absolute Gasteiger partial charge is 0.408 e. The van der Waals surface area contributed by atoms with E-state index in [2.05, 4.69) is 10.6 Å². The van der Waals surface area contributed by atoms with Crippen LogP contribution in [0.5, 0.6) is 0 Å². The first-order chi connectivity index (χ1) is 13.7. The van der Waals surface area contributed by atoms with Gasteiger partial charge in [-0.25, -0.2) is 14.4 Å². The number of esters is 1. The predicted molar refractivity (Wildman–Crippen MR) is 106 cm³/mol. The SMILES string of the molecule is COC(=O)C(NC(=O)OCc1ccccc1)[C@@H]1C=C[C@H](NC(=O)OC(C)(C)C)C1. The van der Waals surface area contributed by atoms with Gasteiger partial charge in [-0.05, 0) is 32.8 Å². The molecule has 158 valence electrons. The van der Waals surface area contributed by atoms with Crippen molar-refractivity contribution in [1.29, 1.82) is 0 Å². The van der Waals surface area contributed by atoms with Crippen molar-refractivity contribution in [3.63, 3.8) is 0 Å². The molecule has 8 heteroatoms. The highest BCUT2D eigenvalue weighted by Gasteiger charge is 2.34. The molecule has 0 aromatic heterocycles. The zero-order chi connectivity index (χ0) is 21.4.